The molecule has 1 aromatic rings. The second kappa shape index (κ2) is 7.11. The van der Waals surface area contributed by atoms with Crippen molar-refractivity contribution >= 4 is 61.0 Å². The summed E-state index contributed by atoms with van der Waals surface area (Å²) in [6.07, 6.45) is 0. The van der Waals surface area contributed by atoms with Gasteiger partial charge in [0.25, 0.3) is 0 Å². The van der Waals surface area contributed by atoms with Crippen molar-refractivity contribution in [2.75, 3.05) is 17.8 Å². The van der Waals surface area contributed by atoms with Crippen LogP contribution < -0.4 is 5.32 Å². The molecule has 0 heterocycles. The van der Waals surface area contributed by atoms with E-state index < -0.39 is 5.97 Å². The minimum absolute atomic E-state index is 0.140. The average Bonchev–Trinajstić information content (AvgIpc) is 2.33. The molecule has 0 aromatic heterocycles. The SMILES string of the molecule is CCOC(=O)c1cc(Br)c(NC(=O)CCl)c(Br)c1. The Morgan fingerprint density at radius 1 is 1.33 bits per heavy atom. The summed E-state index contributed by atoms with van der Waals surface area (Å²) in [6, 6.07) is 3.15. The Labute approximate surface area is 126 Å². The normalized spacial score (nSPS) is 10.0. The Bertz CT molecular complexity index is 456. The predicted molar refractivity (Wildman–Crippen MR) is 77.1 cm³/mol. The van der Waals surface area contributed by atoms with Gasteiger partial charge in [-0.3, -0.25) is 4.79 Å². The highest BCUT2D eigenvalue weighted by atomic mass is 79.9. The van der Waals surface area contributed by atoms with E-state index in [9.17, 15) is 9.59 Å². The number of ether oxygens (including phenoxy) is 1. The van der Waals surface area contributed by atoms with E-state index in [4.69, 9.17) is 16.3 Å². The van der Waals surface area contributed by atoms with Crippen LogP contribution in [0.3, 0.4) is 0 Å². The summed E-state index contributed by atoms with van der Waals surface area (Å²) >= 11 is 12.0. The lowest BCUT2D eigenvalue weighted by atomic mass is 10.2. The third kappa shape index (κ3) is 3.96. The van der Waals surface area contributed by atoms with Gasteiger partial charge in [0.1, 0.15) is 5.88 Å². The van der Waals surface area contributed by atoms with Gasteiger partial charge in [0.15, 0.2) is 0 Å². The quantitative estimate of drug-likeness (QED) is 0.622. The topological polar surface area (TPSA) is 55.4 Å². The van der Waals surface area contributed by atoms with Gasteiger partial charge in [0.05, 0.1) is 17.9 Å². The highest BCUT2D eigenvalue weighted by Crippen LogP contribution is 2.32. The third-order valence-corrected chi connectivity index (χ3v) is 3.43. The molecule has 0 bridgehead atoms. The zero-order chi connectivity index (χ0) is 13.7. The van der Waals surface area contributed by atoms with Crippen molar-refractivity contribution in [1.29, 1.82) is 0 Å². The summed E-state index contributed by atoms with van der Waals surface area (Å²) in [5, 5.41) is 2.61. The fraction of sp³-hybridized carbons (Fsp3) is 0.273. The number of hydrogen-bond acceptors (Lipinski definition) is 3. The Balaban J connectivity index is 3.04. The first-order valence-corrected chi connectivity index (χ1v) is 7.13. The Kier molecular flexibility index (Phi) is 6.11. The van der Waals surface area contributed by atoms with Gasteiger partial charge < -0.3 is 10.1 Å². The fourth-order valence-corrected chi connectivity index (χ4v) is 2.65. The number of amides is 1. The first-order valence-electron chi connectivity index (χ1n) is 5.01. The Hall–Kier alpha value is -0.590. The molecule has 1 amide bonds. The molecule has 0 unspecified atom stereocenters. The van der Waals surface area contributed by atoms with Crippen LogP contribution in [0.2, 0.25) is 0 Å². The van der Waals surface area contributed by atoms with Crippen LogP contribution in [0.1, 0.15) is 17.3 Å². The zero-order valence-electron chi connectivity index (χ0n) is 9.43. The monoisotopic (exact) mass is 397 g/mol. The number of rotatable bonds is 4. The molecule has 0 fully saturated rings. The molecule has 0 spiro atoms. The van der Waals surface area contributed by atoms with E-state index >= 15 is 0 Å². The van der Waals surface area contributed by atoms with Gasteiger partial charge in [-0.15, -0.1) is 11.6 Å². The summed E-state index contributed by atoms with van der Waals surface area (Å²) in [5.41, 5.74) is 0.910. The van der Waals surface area contributed by atoms with Gasteiger partial charge in [-0.1, -0.05) is 0 Å². The summed E-state index contributed by atoms with van der Waals surface area (Å²) in [5.74, 6) is -0.894. The van der Waals surface area contributed by atoms with Crippen molar-refractivity contribution in [1.82, 2.24) is 0 Å². The molecule has 0 aliphatic heterocycles. The van der Waals surface area contributed by atoms with E-state index in [-0.39, 0.29) is 11.8 Å². The molecule has 7 heteroatoms. The number of esters is 1. The Morgan fingerprint density at radius 3 is 2.33 bits per heavy atom. The van der Waals surface area contributed by atoms with Crippen LogP contribution in [-0.2, 0) is 9.53 Å². The first kappa shape index (κ1) is 15.5. The summed E-state index contributed by atoms with van der Waals surface area (Å²) < 4.78 is 6.03. The maximum atomic E-state index is 11.6. The molecule has 0 aliphatic carbocycles. The van der Waals surface area contributed by atoms with E-state index in [1.807, 2.05) is 0 Å². The number of alkyl halides is 1. The van der Waals surface area contributed by atoms with Crippen molar-refractivity contribution in [2.24, 2.45) is 0 Å². The molecule has 4 nitrogen and oxygen atoms in total. The maximum Gasteiger partial charge on any atom is 0.338 e. The average molecular weight is 399 g/mol. The van der Waals surface area contributed by atoms with Gasteiger partial charge in [-0.05, 0) is 50.9 Å². The minimum atomic E-state index is -0.422. The highest BCUT2D eigenvalue weighted by molar-refractivity contribution is 9.11. The third-order valence-electron chi connectivity index (χ3n) is 1.94. The summed E-state index contributed by atoms with van der Waals surface area (Å²) in [7, 11) is 0. The lowest BCUT2D eigenvalue weighted by Gasteiger charge is -2.10. The molecule has 1 rings (SSSR count). The number of carbonyl (C=O) groups is 2. The van der Waals surface area contributed by atoms with E-state index in [0.29, 0.717) is 26.8 Å². The summed E-state index contributed by atoms with van der Waals surface area (Å²) in [4.78, 5) is 22.8. The smallest absolute Gasteiger partial charge is 0.338 e. The molecule has 0 aliphatic rings. The molecule has 0 atom stereocenters. The number of nitrogens with one attached hydrogen (secondary N) is 1. The molecule has 18 heavy (non-hydrogen) atoms. The van der Waals surface area contributed by atoms with Gasteiger partial charge >= 0.3 is 5.97 Å². The van der Waals surface area contributed by atoms with Crippen molar-refractivity contribution in [3.8, 4) is 0 Å². The van der Waals surface area contributed by atoms with Gasteiger partial charge in [-0.2, -0.15) is 0 Å². The molecule has 0 saturated carbocycles. The molecular weight excluding hydrogens is 389 g/mol. The first-order chi connectivity index (χ1) is 8.49. The molecule has 1 N–H and O–H groups in total. The van der Waals surface area contributed by atoms with Gasteiger partial charge in [0, 0.05) is 8.95 Å². The van der Waals surface area contributed by atoms with Crippen LogP contribution in [-0.4, -0.2) is 24.4 Å². The maximum absolute atomic E-state index is 11.6. The van der Waals surface area contributed by atoms with Crippen LogP contribution in [0.4, 0.5) is 5.69 Å². The lowest BCUT2D eigenvalue weighted by Crippen LogP contribution is -2.14. The number of anilines is 1. The van der Waals surface area contributed by atoms with Crippen LogP contribution >= 0.6 is 43.5 Å². The molecular formula is C11H10Br2ClNO3. The van der Waals surface area contributed by atoms with E-state index in [1.54, 1.807) is 19.1 Å². The predicted octanol–water partition coefficient (Wildman–Crippen LogP) is 3.57. The largest absolute Gasteiger partial charge is 0.462 e. The molecule has 0 saturated heterocycles. The second-order valence-corrected chi connectivity index (χ2v) is 5.19. The number of carbonyl (C=O) groups excluding carboxylic acids is 2. The van der Waals surface area contributed by atoms with Crippen LogP contribution in [0.15, 0.2) is 21.1 Å². The Morgan fingerprint density at radius 2 is 1.89 bits per heavy atom. The molecule has 1 aromatic carbocycles. The fourth-order valence-electron chi connectivity index (χ4n) is 1.20. The van der Waals surface area contributed by atoms with Crippen molar-refractivity contribution in [3.05, 3.63) is 26.6 Å². The van der Waals surface area contributed by atoms with Crippen LogP contribution in [0, 0.1) is 0 Å². The number of benzene rings is 1. The van der Waals surface area contributed by atoms with Crippen molar-refractivity contribution in [3.63, 3.8) is 0 Å². The molecule has 98 valence electrons. The van der Waals surface area contributed by atoms with Gasteiger partial charge in [-0.25, -0.2) is 4.79 Å². The van der Waals surface area contributed by atoms with Crippen LogP contribution in [0.25, 0.3) is 0 Å². The number of halogens is 3. The van der Waals surface area contributed by atoms with E-state index in [2.05, 4.69) is 37.2 Å². The molecule has 0 radical (unpaired) electrons. The highest BCUT2D eigenvalue weighted by Gasteiger charge is 2.14. The van der Waals surface area contributed by atoms with Crippen LogP contribution in [0.5, 0.6) is 0 Å². The van der Waals surface area contributed by atoms with Crippen molar-refractivity contribution in [2.45, 2.75) is 6.92 Å². The second-order valence-electron chi connectivity index (χ2n) is 3.22. The van der Waals surface area contributed by atoms with E-state index in [1.165, 1.54) is 0 Å². The summed E-state index contributed by atoms with van der Waals surface area (Å²) in [6.45, 7) is 2.04. The lowest BCUT2D eigenvalue weighted by molar-refractivity contribution is -0.113. The zero-order valence-corrected chi connectivity index (χ0v) is 13.4. The standard InChI is InChI=1S/C11H10Br2ClNO3/c1-2-18-11(17)6-3-7(12)10(8(13)4-6)15-9(16)5-14/h3-4H,2,5H2,1H3,(H,15,16). The minimum Gasteiger partial charge on any atom is -0.462 e. The van der Waals surface area contributed by atoms with Crippen molar-refractivity contribution < 1.29 is 14.3 Å². The number of hydrogen-bond donors (Lipinski definition) is 1. The van der Waals surface area contributed by atoms with E-state index in [0.717, 1.165) is 0 Å². The van der Waals surface area contributed by atoms with Gasteiger partial charge in [0.2, 0.25) is 5.91 Å².